The third-order valence-corrected chi connectivity index (χ3v) is 8.86. The molecule has 3 aromatic carbocycles. The predicted octanol–water partition coefficient (Wildman–Crippen LogP) is 5.52. The van der Waals surface area contributed by atoms with Gasteiger partial charge in [0.1, 0.15) is 37.7 Å². The summed E-state index contributed by atoms with van der Waals surface area (Å²) in [5.74, 6) is -0.379. The monoisotopic (exact) mass is 667 g/mol. The van der Waals surface area contributed by atoms with E-state index in [9.17, 15) is 0 Å². The fourth-order valence-electron chi connectivity index (χ4n) is 5.44. The summed E-state index contributed by atoms with van der Waals surface area (Å²) >= 11 is 18.1. The van der Waals surface area contributed by atoms with Gasteiger partial charge in [0.15, 0.2) is 5.11 Å². The molecule has 4 aromatic rings. The van der Waals surface area contributed by atoms with Gasteiger partial charge >= 0.3 is 0 Å². The Balaban J connectivity index is 1.01. The van der Waals surface area contributed by atoms with E-state index in [1.165, 1.54) is 17.7 Å². The molecule has 0 aliphatic carbocycles. The van der Waals surface area contributed by atoms with Gasteiger partial charge in [0, 0.05) is 67.9 Å². The fourth-order valence-corrected chi connectivity index (χ4v) is 6.11. The van der Waals surface area contributed by atoms with Crippen LogP contribution in [0.1, 0.15) is 5.56 Å². The van der Waals surface area contributed by atoms with E-state index in [4.69, 9.17) is 49.6 Å². The molecular formula is C32H35Cl2N7O3S. The Bertz CT molecular complexity index is 1580. The average Bonchev–Trinajstić information content (AvgIpc) is 3.71. The highest BCUT2D eigenvalue weighted by molar-refractivity contribution is 7.80. The number of piperazine rings is 1. The number of anilines is 3. The summed E-state index contributed by atoms with van der Waals surface area (Å²) < 4.78 is 20.5. The van der Waals surface area contributed by atoms with Crippen molar-refractivity contribution in [3.05, 3.63) is 95.0 Å². The molecule has 2 fully saturated rings. The number of nitrogens with zero attached hydrogens (tertiary/aromatic N) is 6. The number of hydrogen-bond acceptors (Lipinski definition) is 8. The van der Waals surface area contributed by atoms with Gasteiger partial charge in [-0.25, -0.2) is 9.67 Å². The summed E-state index contributed by atoms with van der Waals surface area (Å²) in [5.41, 5.74) is 4.04. The van der Waals surface area contributed by atoms with Crippen LogP contribution in [0.4, 0.5) is 17.1 Å². The van der Waals surface area contributed by atoms with Crippen LogP contribution in [0.25, 0.3) is 0 Å². The number of rotatable bonds is 9. The van der Waals surface area contributed by atoms with Crippen LogP contribution >= 0.6 is 35.4 Å². The van der Waals surface area contributed by atoms with Gasteiger partial charge in [0.25, 0.3) is 0 Å². The Hall–Kier alpha value is -3.61. The summed E-state index contributed by atoms with van der Waals surface area (Å²) in [7, 11) is 3.86. The standard InChI is InChI=1S/C32H35Cl2N7O3S/c1-38(2)31(45)37-24-4-6-25(7-5-24)39-13-15-40(16-14-39)26-8-10-27(11-9-26)42-18-28-19-43-32(44-28,20-41-22-35-21-36-41)29-12-3-23(33)17-30(29)34/h3-12,17,21-22,28H,13-16,18-20H2,1-2H3,(H,37,45). The lowest BCUT2D eigenvalue weighted by atomic mass is 10.1. The van der Waals surface area contributed by atoms with Gasteiger partial charge in [0.05, 0.1) is 11.6 Å². The molecule has 0 bridgehead atoms. The molecule has 1 N–H and O–H groups in total. The van der Waals surface area contributed by atoms with Gasteiger partial charge in [-0.05, 0) is 72.9 Å². The van der Waals surface area contributed by atoms with Crippen LogP contribution in [0.3, 0.4) is 0 Å². The highest BCUT2D eigenvalue weighted by atomic mass is 35.5. The summed E-state index contributed by atoms with van der Waals surface area (Å²) in [4.78, 5) is 10.7. The zero-order chi connectivity index (χ0) is 31.4. The molecule has 2 aliphatic heterocycles. The van der Waals surface area contributed by atoms with Crippen LogP contribution in [-0.4, -0.2) is 84.4 Å². The highest BCUT2D eigenvalue weighted by Gasteiger charge is 2.45. The maximum absolute atomic E-state index is 6.57. The zero-order valence-electron chi connectivity index (χ0n) is 25.1. The summed E-state index contributed by atoms with van der Waals surface area (Å²) in [6.45, 7) is 4.66. The van der Waals surface area contributed by atoms with Gasteiger partial charge < -0.3 is 34.2 Å². The second-order valence-electron chi connectivity index (χ2n) is 11.2. The Morgan fingerprint density at radius 1 is 1.00 bits per heavy atom. The van der Waals surface area contributed by atoms with Crippen molar-refractivity contribution in [2.75, 3.05) is 68.6 Å². The zero-order valence-corrected chi connectivity index (χ0v) is 27.4. The van der Waals surface area contributed by atoms with Crippen molar-refractivity contribution in [3.63, 3.8) is 0 Å². The molecule has 236 valence electrons. The van der Waals surface area contributed by atoms with Crippen LogP contribution in [0.15, 0.2) is 79.4 Å². The topological polar surface area (TPSA) is 80.2 Å². The van der Waals surface area contributed by atoms with Crippen molar-refractivity contribution >= 4 is 57.6 Å². The van der Waals surface area contributed by atoms with Crippen molar-refractivity contribution < 1.29 is 14.2 Å². The molecule has 0 radical (unpaired) electrons. The molecule has 6 rings (SSSR count). The lowest BCUT2D eigenvalue weighted by Crippen LogP contribution is -2.46. The Morgan fingerprint density at radius 3 is 2.27 bits per heavy atom. The first kappa shape index (κ1) is 31.4. The summed E-state index contributed by atoms with van der Waals surface area (Å²) in [6, 6.07) is 21.9. The molecule has 2 aliphatic rings. The molecule has 2 atom stereocenters. The minimum absolute atomic E-state index is 0.279. The molecule has 2 saturated heterocycles. The molecule has 2 unspecified atom stereocenters. The number of hydrogen-bond donors (Lipinski definition) is 1. The largest absolute Gasteiger partial charge is 0.491 e. The number of thiocarbonyl (C=S) groups is 1. The number of benzene rings is 3. The molecule has 10 nitrogen and oxygen atoms in total. The van der Waals surface area contributed by atoms with Crippen LogP contribution in [-0.2, 0) is 21.8 Å². The van der Waals surface area contributed by atoms with E-state index in [-0.39, 0.29) is 12.6 Å². The van der Waals surface area contributed by atoms with Crippen LogP contribution in [0.5, 0.6) is 5.75 Å². The fraction of sp³-hybridized carbons (Fsp3) is 0.344. The maximum Gasteiger partial charge on any atom is 0.217 e. The van der Waals surface area contributed by atoms with E-state index in [1.54, 1.807) is 23.1 Å². The second kappa shape index (κ2) is 13.8. The maximum atomic E-state index is 6.57. The molecule has 0 saturated carbocycles. The van der Waals surface area contributed by atoms with Gasteiger partial charge in [-0.15, -0.1) is 0 Å². The van der Waals surface area contributed by atoms with Crippen LogP contribution < -0.4 is 19.9 Å². The van der Waals surface area contributed by atoms with E-state index in [1.807, 2.05) is 37.2 Å². The number of nitrogens with one attached hydrogen (secondary N) is 1. The predicted molar refractivity (Wildman–Crippen MR) is 182 cm³/mol. The number of ether oxygens (including phenoxy) is 3. The third-order valence-electron chi connectivity index (χ3n) is 7.84. The van der Waals surface area contributed by atoms with E-state index < -0.39 is 5.79 Å². The first-order valence-electron chi connectivity index (χ1n) is 14.7. The van der Waals surface area contributed by atoms with E-state index in [0.29, 0.717) is 33.9 Å². The molecule has 13 heteroatoms. The highest BCUT2D eigenvalue weighted by Crippen LogP contribution is 2.40. The van der Waals surface area contributed by atoms with Crippen molar-refractivity contribution in [2.45, 2.75) is 18.4 Å². The molecule has 45 heavy (non-hydrogen) atoms. The Morgan fingerprint density at radius 2 is 1.67 bits per heavy atom. The van der Waals surface area contributed by atoms with Gasteiger partial charge in [0.2, 0.25) is 5.79 Å². The quantitative estimate of drug-likeness (QED) is 0.231. The summed E-state index contributed by atoms with van der Waals surface area (Å²) in [5, 5.41) is 9.15. The molecule has 1 aromatic heterocycles. The third kappa shape index (κ3) is 7.45. The number of halogens is 2. The minimum atomic E-state index is -1.14. The lowest BCUT2D eigenvalue weighted by Gasteiger charge is -2.37. The van der Waals surface area contributed by atoms with E-state index >= 15 is 0 Å². The average molecular weight is 669 g/mol. The van der Waals surface area contributed by atoms with E-state index in [0.717, 1.165) is 37.6 Å². The first-order valence-corrected chi connectivity index (χ1v) is 15.9. The molecule has 0 spiro atoms. The second-order valence-corrected chi connectivity index (χ2v) is 12.4. The van der Waals surface area contributed by atoms with Crippen LogP contribution in [0.2, 0.25) is 10.0 Å². The van der Waals surface area contributed by atoms with Crippen LogP contribution in [0, 0.1) is 0 Å². The molecule has 3 heterocycles. The summed E-state index contributed by atoms with van der Waals surface area (Å²) in [6.07, 6.45) is 2.77. The number of aromatic nitrogens is 3. The Kier molecular flexibility index (Phi) is 9.62. The SMILES string of the molecule is CN(C)C(=S)Nc1ccc(N2CCN(c3ccc(OCC4COC(Cn5cncn5)(c5ccc(Cl)cc5Cl)O4)cc3)CC2)cc1. The van der Waals surface area contributed by atoms with Gasteiger partial charge in [-0.2, -0.15) is 5.10 Å². The molecular weight excluding hydrogens is 633 g/mol. The minimum Gasteiger partial charge on any atom is -0.491 e. The lowest BCUT2D eigenvalue weighted by molar-refractivity contribution is -0.190. The van der Waals surface area contributed by atoms with Gasteiger partial charge in [-0.1, -0.05) is 29.3 Å². The van der Waals surface area contributed by atoms with Crippen molar-refractivity contribution in [1.29, 1.82) is 0 Å². The first-order chi connectivity index (χ1) is 21.8. The van der Waals surface area contributed by atoms with Crippen molar-refractivity contribution in [3.8, 4) is 5.75 Å². The smallest absolute Gasteiger partial charge is 0.217 e. The molecule has 0 amide bonds. The Labute approximate surface area is 278 Å². The normalized spacial score (nSPS) is 19.9. The van der Waals surface area contributed by atoms with Crippen molar-refractivity contribution in [2.24, 2.45) is 0 Å². The van der Waals surface area contributed by atoms with Gasteiger partial charge in [-0.3, -0.25) is 0 Å². The van der Waals surface area contributed by atoms with E-state index in [2.05, 4.69) is 61.6 Å². The van der Waals surface area contributed by atoms with Crippen molar-refractivity contribution in [1.82, 2.24) is 19.7 Å².